The molecule has 0 spiro atoms. The molecular weight excluding hydrogens is 404 g/mol. The molecule has 0 bridgehead atoms. The largest absolute Gasteiger partial charge is 0.353 e. The van der Waals surface area contributed by atoms with E-state index in [-0.39, 0.29) is 23.9 Å². The topological polar surface area (TPSA) is 82.5 Å². The molecule has 3 heterocycles. The number of aromatic nitrogens is 2. The molecule has 1 saturated heterocycles. The van der Waals surface area contributed by atoms with Gasteiger partial charge < -0.3 is 9.80 Å². The second-order valence-corrected chi connectivity index (χ2v) is 9.20. The highest BCUT2D eigenvalue weighted by Crippen LogP contribution is 2.38. The van der Waals surface area contributed by atoms with E-state index in [1.807, 2.05) is 53.3 Å². The third kappa shape index (κ3) is 4.02. The lowest BCUT2D eigenvalue weighted by Crippen LogP contribution is -2.49. The maximum atomic E-state index is 12.8. The first kappa shape index (κ1) is 20.7. The minimum absolute atomic E-state index is 0.0757. The average Bonchev–Trinajstić information content (AvgIpc) is 3.35. The molecule has 160 valence electrons. The van der Waals surface area contributed by atoms with Crippen LogP contribution in [0.2, 0.25) is 5.02 Å². The van der Waals surface area contributed by atoms with Crippen molar-refractivity contribution in [3.8, 4) is 5.69 Å². The fourth-order valence-corrected chi connectivity index (χ4v) is 4.15. The summed E-state index contributed by atoms with van der Waals surface area (Å²) in [5, 5.41) is 0.571. The molecule has 2 aromatic rings. The van der Waals surface area contributed by atoms with E-state index in [1.54, 1.807) is 6.33 Å². The van der Waals surface area contributed by atoms with Crippen molar-refractivity contribution in [1.29, 1.82) is 0 Å². The highest BCUT2D eigenvalue weighted by atomic mass is 35.5. The maximum Gasteiger partial charge on any atom is 0.285 e. The molecule has 4 rings (SSSR count). The molecular formula is C21H27ClN6O2. The zero-order valence-electron chi connectivity index (χ0n) is 17.5. The molecule has 2 N–H and O–H groups in total. The first-order valence-electron chi connectivity index (χ1n) is 10.2. The number of carbonyl (C=O) groups is 2. The Labute approximate surface area is 181 Å². The van der Waals surface area contributed by atoms with Crippen molar-refractivity contribution in [2.24, 2.45) is 0 Å². The maximum absolute atomic E-state index is 12.8. The van der Waals surface area contributed by atoms with Crippen molar-refractivity contribution in [2.45, 2.75) is 45.7 Å². The van der Waals surface area contributed by atoms with Gasteiger partial charge in [0.2, 0.25) is 5.91 Å². The molecule has 1 aromatic heterocycles. The number of fused-ring (bicyclic) bond motifs is 3. The van der Waals surface area contributed by atoms with Gasteiger partial charge in [0.25, 0.3) is 5.91 Å². The second kappa shape index (κ2) is 7.92. The summed E-state index contributed by atoms with van der Waals surface area (Å²) in [6.07, 6.45) is 3.72. The number of amides is 2. The van der Waals surface area contributed by atoms with E-state index in [0.717, 1.165) is 43.0 Å². The molecule has 0 saturated carbocycles. The Hall–Kier alpha value is -2.58. The van der Waals surface area contributed by atoms with E-state index in [0.29, 0.717) is 17.3 Å². The number of benzene rings is 1. The molecule has 30 heavy (non-hydrogen) atoms. The van der Waals surface area contributed by atoms with Crippen LogP contribution in [0.4, 0.5) is 5.69 Å². The molecule has 8 nitrogen and oxygen atoms in total. The standard InChI is InChI=1S/C21H27ClN6O2/c1-21(2,3)25-24-20(30)18-16-11-27(12-17(29)26-9-4-5-10-26)19-14(22)7-6-8-15(19)28(16)13-23-18/h6-8,13,25H,4-5,9-12H2,1-3H3,(H,24,30). The summed E-state index contributed by atoms with van der Waals surface area (Å²) in [6, 6.07) is 5.60. The first-order valence-corrected chi connectivity index (χ1v) is 10.6. The van der Waals surface area contributed by atoms with Crippen molar-refractivity contribution < 1.29 is 9.59 Å². The number of halogens is 1. The van der Waals surface area contributed by atoms with E-state index >= 15 is 0 Å². The summed E-state index contributed by atoms with van der Waals surface area (Å²) in [5.74, 6) is -0.235. The lowest BCUT2D eigenvalue weighted by molar-refractivity contribution is -0.128. The monoisotopic (exact) mass is 430 g/mol. The fourth-order valence-electron chi connectivity index (χ4n) is 3.86. The zero-order chi connectivity index (χ0) is 21.5. The zero-order valence-corrected chi connectivity index (χ0v) is 18.3. The lowest BCUT2D eigenvalue weighted by Gasteiger charge is -2.33. The van der Waals surface area contributed by atoms with E-state index in [4.69, 9.17) is 11.6 Å². The summed E-state index contributed by atoms with van der Waals surface area (Å²) in [5.41, 5.74) is 8.09. The number of anilines is 1. The molecule has 1 aromatic carbocycles. The molecule has 0 aliphatic carbocycles. The van der Waals surface area contributed by atoms with Crippen molar-refractivity contribution in [1.82, 2.24) is 25.3 Å². The summed E-state index contributed by atoms with van der Waals surface area (Å²) in [4.78, 5) is 33.8. The van der Waals surface area contributed by atoms with E-state index in [9.17, 15) is 9.59 Å². The molecule has 1 fully saturated rings. The fraction of sp³-hybridized carbons (Fsp3) is 0.476. The number of nitrogens with one attached hydrogen (secondary N) is 2. The molecule has 9 heteroatoms. The minimum Gasteiger partial charge on any atom is -0.353 e. The van der Waals surface area contributed by atoms with Crippen LogP contribution in [-0.4, -0.2) is 51.4 Å². The van der Waals surface area contributed by atoms with Crippen LogP contribution < -0.4 is 15.8 Å². The Morgan fingerprint density at radius 3 is 2.63 bits per heavy atom. The Bertz CT molecular complexity index is 974. The van der Waals surface area contributed by atoms with Crippen LogP contribution in [0.15, 0.2) is 24.5 Å². The summed E-state index contributed by atoms with van der Waals surface area (Å²) >= 11 is 6.53. The van der Waals surface area contributed by atoms with Gasteiger partial charge in [0.05, 0.1) is 35.2 Å². The van der Waals surface area contributed by atoms with Gasteiger partial charge in [-0.3, -0.25) is 19.6 Å². The average molecular weight is 431 g/mol. The van der Waals surface area contributed by atoms with Gasteiger partial charge in [0.1, 0.15) is 6.33 Å². The van der Waals surface area contributed by atoms with Gasteiger partial charge in [0, 0.05) is 18.6 Å². The second-order valence-electron chi connectivity index (χ2n) is 8.79. The molecule has 0 radical (unpaired) electrons. The number of rotatable bonds is 4. The molecule has 2 aliphatic rings. The van der Waals surface area contributed by atoms with Crippen LogP contribution in [0.5, 0.6) is 0 Å². The van der Waals surface area contributed by atoms with E-state index in [2.05, 4.69) is 15.8 Å². The number of hydrogen-bond donors (Lipinski definition) is 2. The number of hydrogen-bond acceptors (Lipinski definition) is 5. The number of likely N-dealkylation sites (tertiary alicyclic amines) is 1. The van der Waals surface area contributed by atoms with Crippen LogP contribution >= 0.6 is 11.6 Å². The van der Waals surface area contributed by atoms with Crippen LogP contribution in [0.3, 0.4) is 0 Å². The summed E-state index contributed by atoms with van der Waals surface area (Å²) in [6.45, 7) is 8.05. The summed E-state index contributed by atoms with van der Waals surface area (Å²) < 4.78 is 1.88. The molecule has 2 amide bonds. The van der Waals surface area contributed by atoms with E-state index in [1.165, 1.54) is 0 Å². The Morgan fingerprint density at radius 1 is 1.20 bits per heavy atom. The minimum atomic E-state index is -0.310. The summed E-state index contributed by atoms with van der Waals surface area (Å²) in [7, 11) is 0. The first-order chi connectivity index (χ1) is 14.2. The van der Waals surface area contributed by atoms with Gasteiger partial charge in [-0.1, -0.05) is 17.7 Å². The van der Waals surface area contributed by atoms with Gasteiger partial charge in [-0.25, -0.2) is 10.4 Å². The van der Waals surface area contributed by atoms with Crippen molar-refractivity contribution >= 4 is 29.1 Å². The predicted octanol–water partition coefficient (Wildman–Crippen LogP) is 2.50. The van der Waals surface area contributed by atoms with Gasteiger partial charge in [-0.15, -0.1) is 0 Å². The Kier molecular flexibility index (Phi) is 5.46. The highest BCUT2D eigenvalue weighted by Gasteiger charge is 2.31. The van der Waals surface area contributed by atoms with Gasteiger partial charge >= 0.3 is 0 Å². The number of imidazole rings is 1. The molecule has 0 unspecified atom stereocenters. The molecule has 0 atom stereocenters. The number of nitrogens with zero attached hydrogens (tertiary/aromatic N) is 4. The van der Waals surface area contributed by atoms with Gasteiger partial charge in [-0.2, -0.15) is 0 Å². The van der Waals surface area contributed by atoms with Crippen LogP contribution in [0.25, 0.3) is 5.69 Å². The lowest BCUT2D eigenvalue weighted by atomic mass is 10.1. The van der Waals surface area contributed by atoms with E-state index < -0.39 is 0 Å². The van der Waals surface area contributed by atoms with Crippen molar-refractivity contribution in [2.75, 3.05) is 24.5 Å². The smallest absolute Gasteiger partial charge is 0.285 e. The van der Waals surface area contributed by atoms with Crippen molar-refractivity contribution in [3.05, 3.63) is 40.9 Å². The third-order valence-electron chi connectivity index (χ3n) is 5.30. The third-order valence-corrected chi connectivity index (χ3v) is 5.60. The van der Waals surface area contributed by atoms with Crippen LogP contribution in [-0.2, 0) is 11.3 Å². The molecule has 2 aliphatic heterocycles. The van der Waals surface area contributed by atoms with Gasteiger partial charge in [-0.05, 0) is 45.7 Å². The number of para-hydroxylation sites is 1. The quantitative estimate of drug-likeness (QED) is 0.728. The number of carbonyl (C=O) groups excluding carboxylic acids is 2. The highest BCUT2D eigenvalue weighted by molar-refractivity contribution is 6.33. The Morgan fingerprint density at radius 2 is 1.93 bits per heavy atom. The van der Waals surface area contributed by atoms with Crippen molar-refractivity contribution in [3.63, 3.8) is 0 Å². The predicted molar refractivity (Wildman–Crippen MR) is 116 cm³/mol. The normalized spacial score (nSPS) is 15.7. The van der Waals surface area contributed by atoms with Crippen LogP contribution in [0, 0.1) is 0 Å². The SMILES string of the molecule is CC(C)(C)NNC(=O)c1ncn2c1CN(CC(=O)N1CCCC1)c1c(Cl)cccc1-2. The van der Waals surface area contributed by atoms with Crippen LogP contribution in [0.1, 0.15) is 49.8 Å². The van der Waals surface area contributed by atoms with Gasteiger partial charge in [0.15, 0.2) is 5.69 Å². The number of hydrazine groups is 1. The Balaban J connectivity index is 1.65.